The molecule has 0 radical (unpaired) electrons. The van der Waals surface area contributed by atoms with Gasteiger partial charge < -0.3 is 16.2 Å². The molecule has 0 saturated carbocycles. The Labute approximate surface area is 112 Å². The van der Waals surface area contributed by atoms with Gasteiger partial charge in [0.05, 0.1) is 6.04 Å². The number of benzene rings is 1. The van der Waals surface area contributed by atoms with Crippen molar-refractivity contribution in [2.24, 2.45) is 5.73 Å². The molecule has 0 aliphatic heterocycles. The van der Waals surface area contributed by atoms with Crippen molar-refractivity contribution < 1.29 is 14.7 Å². The van der Waals surface area contributed by atoms with Crippen LogP contribution in [0.15, 0.2) is 30.3 Å². The zero-order valence-electron chi connectivity index (χ0n) is 11.0. The van der Waals surface area contributed by atoms with E-state index < -0.39 is 24.0 Å². The fourth-order valence-corrected chi connectivity index (χ4v) is 1.74. The van der Waals surface area contributed by atoms with Crippen molar-refractivity contribution in [3.63, 3.8) is 0 Å². The van der Waals surface area contributed by atoms with Crippen LogP contribution in [0.5, 0.6) is 0 Å². The van der Waals surface area contributed by atoms with Crippen molar-refractivity contribution in [2.45, 2.75) is 38.3 Å². The van der Waals surface area contributed by atoms with E-state index in [4.69, 9.17) is 5.73 Å². The molecule has 0 spiro atoms. The monoisotopic (exact) mass is 264 g/mol. The Morgan fingerprint density at radius 2 is 1.95 bits per heavy atom. The first-order valence-electron chi connectivity index (χ1n) is 6.40. The molecular weight excluding hydrogens is 244 g/mol. The van der Waals surface area contributed by atoms with Crippen LogP contribution in [0, 0.1) is 0 Å². The number of carbonyl (C=O) groups excluding carboxylic acids is 1. The van der Waals surface area contributed by atoms with Crippen LogP contribution in [0.25, 0.3) is 0 Å². The largest absolute Gasteiger partial charge is 0.479 e. The maximum Gasteiger partial charge on any atom is 0.330 e. The zero-order valence-corrected chi connectivity index (χ0v) is 11.0. The van der Waals surface area contributed by atoms with E-state index in [0.29, 0.717) is 12.0 Å². The van der Waals surface area contributed by atoms with Gasteiger partial charge in [-0.25, -0.2) is 4.79 Å². The summed E-state index contributed by atoms with van der Waals surface area (Å²) in [6.45, 7) is 2.01. The van der Waals surface area contributed by atoms with Gasteiger partial charge >= 0.3 is 5.97 Å². The van der Waals surface area contributed by atoms with Gasteiger partial charge in [-0.15, -0.1) is 0 Å². The quantitative estimate of drug-likeness (QED) is 0.695. The minimum Gasteiger partial charge on any atom is -0.479 e. The van der Waals surface area contributed by atoms with Crippen LogP contribution in [0.1, 0.15) is 37.8 Å². The molecule has 0 aliphatic rings. The number of carbonyl (C=O) groups is 2. The fraction of sp³-hybridized carbons (Fsp3) is 0.429. The smallest absolute Gasteiger partial charge is 0.330 e. The Balaban J connectivity index is 2.70. The first-order chi connectivity index (χ1) is 9.06. The lowest BCUT2D eigenvalue weighted by atomic mass is 10.1. The van der Waals surface area contributed by atoms with Crippen LogP contribution < -0.4 is 11.1 Å². The summed E-state index contributed by atoms with van der Waals surface area (Å²) in [6, 6.07) is 6.86. The van der Waals surface area contributed by atoms with Crippen LogP contribution in [-0.4, -0.2) is 23.0 Å². The lowest BCUT2D eigenvalue weighted by Gasteiger charge is -2.18. The molecule has 1 unspecified atom stereocenters. The molecule has 0 aromatic heterocycles. The number of carboxylic acid groups (broad SMARTS) is 1. The highest BCUT2D eigenvalue weighted by atomic mass is 16.4. The molecular formula is C14H20N2O3. The van der Waals surface area contributed by atoms with E-state index in [2.05, 4.69) is 5.32 Å². The Bertz CT molecular complexity index is 420. The molecule has 5 heteroatoms. The standard InChI is InChI=1S/C14H20N2O3/c1-2-3-9-11(15)13(17)16-12(14(18)19)10-7-5-4-6-8-10/h4-8,11-12H,2-3,9,15H2,1H3,(H,16,17)(H,18,19)/t11-,12?/m0/s1. The maximum absolute atomic E-state index is 11.8. The molecule has 104 valence electrons. The van der Waals surface area contributed by atoms with Crippen LogP contribution >= 0.6 is 0 Å². The Morgan fingerprint density at radius 3 is 2.47 bits per heavy atom. The highest BCUT2D eigenvalue weighted by Gasteiger charge is 2.24. The number of hydrogen-bond acceptors (Lipinski definition) is 3. The van der Waals surface area contributed by atoms with Gasteiger partial charge in [-0.2, -0.15) is 0 Å². The Kier molecular flexibility index (Phi) is 6.02. The minimum atomic E-state index is -1.10. The highest BCUT2D eigenvalue weighted by Crippen LogP contribution is 2.13. The molecule has 1 amide bonds. The van der Waals surface area contributed by atoms with E-state index in [1.165, 1.54) is 0 Å². The molecule has 0 saturated heterocycles. The molecule has 1 aromatic rings. The highest BCUT2D eigenvalue weighted by molar-refractivity contribution is 5.87. The molecule has 0 fully saturated rings. The first kappa shape index (κ1) is 15.2. The van der Waals surface area contributed by atoms with Crippen LogP contribution in [-0.2, 0) is 9.59 Å². The molecule has 1 aromatic carbocycles. The number of carboxylic acids is 1. The number of nitrogens with two attached hydrogens (primary N) is 1. The van der Waals surface area contributed by atoms with E-state index in [9.17, 15) is 14.7 Å². The second-order valence-corrected chi connectivity index (χ2v) is 4.44. The van der Waals surface area contributed by atoms with Gasteiger partial charge in [0.2, 0.25) is 5.91 Å². The van der Waals surface area contributed by atoms with Crippen molar-refractivity contribution >= 4 is 11.9 Å². The van der Waals surface area contributed by atoms with Crippen molar-refractivity contribution in [2.75, 3.05) is 0 Å². The third kappa shape index (κ3) is 4.71. The molecule has 0 bridgehead atoms. The lowest BCUT2D eigenvalue weighted by molar-refractivity contribution is -0.142. The van der Waals surface area contributed by atoms with E-state index in [1.54, 1.807) is 30.3 Å². The van der Waals surface area contributed by atoms with Gasteiger partial charge in [0.25, 0.3) is 0 Å². The van der Waals surface area contributed by atoms with E-state index in [0.717, 1.165) is 12.8 Å². The van der Waals surface area contributed by atoms with Gasteiger partial charge in [0.1, 0.15) is 0 Å². The van der Waals surface area contributed by atoms with Crippen LogP contribution in [0.3, 0.4) is 0 Å². The lowest BCUT2D eigenvalue weighted by Crippen LogP contribution is -2.44. The first-order valence-corrected chi connectivity index (χ1v) is 6.40. The average Bonchev–Trinajstić information content (AvgIpc) is 2.42. The number of amides is 1. The van der Waals surface area contributed by atoms with Crippen molar-refractivity contribution in [1.82, 2.24) is 5.32 Å². The number of rotatable bonds is 7. The summed E-state index contributed by atoms with van der Waals surface area (Å²) in [4.78, 5) is 23.1. The zero-order chi connectivity index (χ0) is 14.3. The van der Waals surface area contributed by atoms with Gasteiger partial charge in [-0.3, -0.25) is 4.79 Å². The summed E-state index contributed by atoms with van der Waals surface area (Å²) < 4.78 is 0. The summed E-state index contributed by atoms with van der Waals surface area (Å²) in [5.41, 5.74) is 6.26. The maximum atomic E-state index is 11.8. The van der Waals surface area contributed by atoms with Crippen LogP contribution in [0.4, 0.5) is 0 Å². The van der Waals surface area contributed by atoms with Crippen LogP contribution in [0.2, 0.25) is 0 Å². The summed E-state index contributed by atoms with van der Waals surface area (Å²) in [5.74, 6) is -1.52. The second kappa shape index (κ2) is 7.53. The van der Waals surface area contributed by atoms with Crippen molar-refractivity contribution in [3.8, 4) is 0 Å². The predicted octanol–water partition coefficient (Wildman–Crippen LogP) is 1.45. The predicted molar refractivity (Wildman–Crippen MR) is 72.5 cm³/mol. The van der Waals surface area contributed by atoms with Crippen molar-refractivity contribution in [3.05, 3.63) is 35.9 Å². The summed E-state index contributed by atoms with van der Waals surface area (Å²) in [7, 11) is 0. The van der Waals surface area contributed by atoms with E-state index >= 15 is 0 Å². The third-order valence-corrected chi connectivity index (χ3v) is 2.87. The Hall–Kier alpha value is -1.88. The van der Waals surface area contributed by atoms with Gasteiger partial charge in [-0.05, 0) is 12.0 Å². The third-order valence-electron chi connectivity index (χ3n) is 2.87. The summed E-state index contributed by atoms with van der Waals surface area (Å²) >= 11 is 0. The fourth-order valence-electron chi connectivity index (χ4n) is 1.74. The number of nitrogens with one attached hydrogen (secondary N) is 1. The number of aliphatic carboxylic acids is 1. The SMILES string of the molecule is CCCC[C@H](N)C(=O)NC(C(=O)O)c1ccccc1. The van der Waals surface area contributed by atoms with Gasteiger partial charge in [0.15, 0.2) is 6.04 Å². The van der Waals surface area contributed by atoms with Gasteiger partial charge in [-0.1, -0.05) is 50.1 Å². The Morgan fingerprint density at radius 1 is 1.32 bits per heavy atom. The number of hydrogen-bond donors (Lipinski definition) is 3. The topological polar surface area (TPSA) is 92.4 Å². The molecule has 1 rings (SSSR count). The van der Waals surface area contributed by atoms with Gasteiger partial charge in [0, 0.05) is 0 Å². The normalized spacial score (nSPS) is 13.6. The van der Waals surface area contributed by atoms with E-state index in [1.807, 2.05) is 6.92 Å². The molecule has 2 atom stereocenters. The van der Waals surface area contributed by atoms with E-state index in [-0.39, 0.29) is 0 Å². The number of unbranched alkanes of at least 4 members (excludes halogenated alkanes) is 1. The summed E-state index contributed by atoms with van der Waals surface area (Å²) in [6.07, 6.45) is 2.35. The molecule has 0 aliphatic carbocycles. The molecule has 4 N–H and O–H groups in total. The molecule has 5 nitrogen and oxygen atoms in total. The van der Waals surface area contributed by atoms with Crippen molar-refractivity contribution in [1.29, 1.82) is 0 Å². The minimum absolute atomic E-state index is 0.426. The molecule has 0 heterocycles. The summed E-state index contributed by atoms with van der Waals surface area (Å²) in [5, 5.41) is 11.7. The second-order valence-electron chi connectivity index (χ2n) is 4.44. The average molecular weight is 264 g/mol. The molecule has 19 heavy (non-hydrogen) atoms.